The normalized spacial score (nSPS) is 12.6. The average molecular weight is 421 g/mol. The molecule has 2 N–H and O–H groups in total. The first-order chi connectivity index (χ1) is 15.0. The SMILES string of the molecule is CCC(C)c1ccccc1OCC(=O)NNC(=O)C(C)Oc1ccc2ccccc2c1. The predicted octanol–water partition coefficient (Wildman–Crippen LogP) is 4.35. The van der Waals surface area contributed by atoms with Crippen molar-refractivity contribution in [3.8, 4) is 11.5 Å². The Morgan fingerprint density at radius 3 is 2.39 bits per heavy atom. The Morgan fingerprint density at radius 1 is 0.903 bits per heavy atom. The van der Waals surface area contributed by atoms with Crippen LogP contribution in [0.3, 0.4) is 0 Å². The third-order valence-corrected chi connectivity index (χ3v) is 5.15. The second-order valence-electron chi connectivity index (χ2n) is 7.44. The number of rotatable bonds is 8. The van der Waals surface area contributed by atoms with Crippen molar-refractivity contribution in [3.63, 3.8) is 0 Å². The van der Waals surface area contributed by atoms with Gasteiger partial charge in [0.15, 0.2) is 12.7 Å². The van der Waals surface area contributed by atoms with Gasteiger partial charge in [-0.2, -0.15) is 0 Å². The van der Waals surface area contributed by atoms with Gasteiger partial charge in [-0.3, -0.25) is 20.4 Å². The lowest BCUT2D eigenvalue weighted by atomic mass is 9.98. The molecule has 162 valence electrons. The van der Waals surface area contributed by atoms with Crippen LogP contribution in [0.15, 0.2) is 66.7 Å². The van der Waals surface area contributed by atoms with Crippen molar-refractivity contribution in [1.29, 1.82) is 0 Å². The number of amides is 2. The van der Waals surface area contributed by atoms with Crippen molar-refractivity contribution in [2.75, 3.05) is 6.61 Å². The third-order valence-electron chi connectivity index (χ3n) is 5.15. The van der Waals surface area contributed by atoms with Gasteiger partial charge < -0.3 is 9.47 Å². The molecule has 2 amide bonds. The van der Waals surface area contributed by atoms with Gasteiger partial charge in [-0.25, -0.2) is 0 Å². The highest BCUT2D eigenvalue weighted by atomic mass is 16.5. The standard InChI is InChI=1S/C25H28N2O4/c1-4-17(2)22-11-7-8-12-23(22)30-16-24(28)26-27-25(29)18(3)31-21-14-13-19-9-5-6-10-20(19)15-21/h5-15,17-18H,4,16H2,1-3H3,(H,26,28)(H,27,29). The van der Waals surface area contributed by atoms with E-state index in [9.17, 15) is 9.59 Å². The summed E-state index contributed by atoms with van der Waals surface area (Å²) in [6.07, 6.45) is 0.186. The van der Waals surface area contributed by atoms with Crippen molar-refractivity contribution in [3.05, 3.63) is 72.3 Å². The molecule has 0 heterocycles. The Balaban J connectivity index is 1.48. The highest BCUT2D eigenvalue weighted by Crippen LogP contribution is 2.28. The zero-order chi connectivity index (χ0) is 22.2. The van der Waals surface area contributed by atoms with Gasteiger partial charge in [-0.1, -0.05) is 62.4 Å². The van der Waals surface area contributed by atoms with Crippen LogP contribution in [0.25, 0.3) is 10.8 Å². The van der Waals surface area contributed by atoms with Crippen LogP contribution >= 0.6 is 0 Å². The van der Waals surface area contributed by atoms with E-state index in [4.69, 9.17) is 9.47 Å². The van der Waals surface area contributed by atoms with Crippen LogP contribution in [0, 0.1) is 0 Å². The molecule has 0 aliphatic heterocycles. The molecule has 6 nitrogen and oxygen atoms in total. The molecule has 3 aromatic rings. The largest absolute Gasteiger partial charge is 0.483 e. The van der Waals surface area contributed by atoms with E-state index in [1.165, 1.54) is 0 Å². The fourth-order valence-corrected chi connectivity index (χ4v) is 3.15. The smallest absolute Gasteiger partial charge is 0.279 e. The number of hydrogen-bond donors (Lipinski definition) is 2. The zero-order valence-electron chi connectivity index (χ0n) is 18.1. The Morgan fingerprint density at radius 2 is 1.61 bits per heavy atom. The van der Waals surface area contributed by atoms with E-state index in [2.05, 4.69) is 24.7 Å². The maximum Gasteiger partial charge on any atom is 0.279 e. The molecule has 0 spiro atoms. The minimum Gasteiger partial charge on any atom is -0.483 e. The molecule has 0 saturated heterocycles. The number of carbonyl (C=O) groups is 2. The summed E-state index contributed by atoms with van der Waals surface area (Å²) in [4.78, 5) is 24.4. The van der Waals surface area contributed by atoms with E-state index in [1.807, 2.05) is 66.7 Å². The quantitative estimate of drug-likeness (QED) is 0.531. The van der Waals surface area contributed by atoms with Crippen molar-refractivity contribution in [2.24, 2.45) is 0 Å². The number of ether oxygens (including phenoxy) is 2. The first-order valence-corrected chi connectivity index (χ1v) is 10.4. The first-order valence-electron chi connectivity index (χ1n) is 10.4. The summed E-state index contributed by atoms with van der Waals surface area (Å²) in [6.45, 7) is 5.63. The third kappa shape index (κ3) is 5.98. The Labute approximate surface area is 182 Å². The Hall–Kier alpha value is -3.54. The predicted molar refractivity (Wildman–Crippen MR) is 121 cm³/mol. The summed E-state index contributed by atoms with van der Waals surface area (Å²) >= 11 is 0. The van der Waals surface area contributed by atoms with Crippen LogP contribution in [0.5, 0.6) is 11.5 Å². The molecular formula is C25H28N2O4. The molecule has 0 aliphatic carbocycles. The van der Waals surface area contributed by atoms with Gasteiger partial charge >= 0.3 is 0 Å². The summed E-state index contributed by atoms with van der Waals surface area (Å²) in [7, 11) is 0. The number of hydrogen-bond acceptors (Lipinski definition) is 4. The van der Waals surface area contributed by atoms with Gasteiger partial charge in [0.05, 0.1) is 0 Å². The summed E-state index contributed by atoms with van der Waals surface area (Å²) in [5.41, 5.74) is 5.80. The summed E-state index contributed by atoms with van der Waals surface area (Å²) in [6, 6.07) is 21.2. The number of fused-ring (bicyclic) bond motifs is 1. The monoisotopic (exact) mass is 420 g/mol. The molecule has 0 aliphatic rings. The van der Waals surface area contributed by atoms with Gasteiger partial charge in [0.2, 0.25) is 0 Å². The number of hydrazine groups is 1. The fourth-order valence-electron chi connectivity index (χ4n) is 3.15. The van der Waals surface area contributed by atoms with Crippen molar-refractivity contribution >= 4 is 22.6 Å². The highest BCUT2D eigenvalue weighted by molar-refractivity contribution is 5.86. The van der Waals surface area contributed by atoms with E-state index in [-0.39, 0.29) is 6.61 Å². The Kier molecular flexibility index (Phi) is 7.49. The van der Waals surface area contributed by atoms with Crippen molar-refractivity contribution < 1.29 is 19.1 Å². The average Bonchev–Trinajstić information content (AvgIpc) is 2.80. The number of nitrogens with one attached hydrogen (secondary N) is 2. The van der Waals surface area contributed by atoms with Crippen LogP contribution in [-0.4, -0.2) is 24.5 Å². The lowest BCUT2D eigenvalue weighted by Gasteiger charge is -2.17. The van der Waals surface area contributed by atoms with Gasteiger partial charge in [-0.15, -0.1) is 0 Å². The molecule has 0 bridgehead atoms. The highest BCUT2D eigenvalue weighted by Gasteiger charge is 2.16. The van der Waals surface area contributed by atoms with Crippen molar-refractivity contribution in [2.45, 2.75) is 39.2 Å². The molecule has 3 rings (SSSR count). The summed E-state index contributed by atoms with van der Waals surface area (Å²) in [5.74, 6) is 0.669. The summed E-state index contributed by atoms with van der Waals surface area (Å²) < 4.78 is 11.4. The van der Waals surface area contributed by atoms with E-state index in [0.717, 1.165) is 22.8 Å². The van der Waals surface area contributed by atoms with E-state index < -0.39 is 17.9 Å². The van der Waals surface area contributed by atoms with Gasteiger partial charge in [-0.05, 0) is 53.8 Å². The molecule has 0 radical (unpaired) electrons. The van der Waals surface area contributed by atoms with Crippen LogP contribution in [-0.2, 0) is 9.59 Å². The fraction of sp³-hybridized carbons (Fsp3) is 0.280. The minimum atomic E-state index is -0.784. The lowest BCUT2D eigenvalue weighted by molar-refractivity contribution is -0.133. The van der Waals surface area contributed by atoms with Crippen LogP contribution in [0.1, 0.15) is 38.7 Å². The lowest BCUT2D eigenvalue weighted by Crippen LogP contribution is -2.48. The molecule has 0 fully saturated rings. The molecule has 2 unspecified atom stereocenters. The second kappa shape index (κ2) is 10.5. The maximum atomic E-state index is 12.3. The molecule has 0 saturated carbocycles. The van der Waals surface area contributed by atoms with E-state index in [0.29, 0.717) is 17.4 Å². The van der Waals surface area contributed by atoms with E-state index >= 15 is 0 Å². The Bertz CT molecular complexity index is 1050. The maximum absolute atomic E-state index is 12.3. The molecule has 3 aromatic carbocycles. The number of carbonyl (C=O) groups excluding carboxylic acids is 2. The minimum absolute atomic E-state index is 0.201. The second-order valence-corrected chi connectivity index (χ2v) is 7.44. The van der Waals surface area contributed by atoms with Crippen LogP contribution in [0.4, 0.5) is 0 Å². The molecule has 31 heavy (non-hydrogen) atoms. The van der Waals surface area contributed by atoms with Gasteiger partial charge in [0.25, 0.3) is 11.8 Å². The topological polar surface area (TPSA) is 76.7 Å². The number of para-hydroxylation sites is 1. The summed E-state index contributed by atoms with van der Waals surface area (Å²) in [5, 5.41) is 2.12. The van der Waals surface area contributed by atoms with Gasteiger partial charge in [0, 0.05) is 0 Å². The molecular weight excluding hydrogens is 392 g/mol. The number of benzene rings is 3. The molecule has 2 atom stereocenters. The first kappa shape index (κ1) is 22.2. The van der Waals surface area contributed by atoms with E-state index in [1.54, 1.807) is 6.92 Å². The van der Waals surface area contributed by atoms with Crippen molar-refractivity contribution in [1.82, 2.24) is 10.9 Å². The molecule has 0 aromatic heterocycles. The van der Waals surface area contributed by atoms with Crippen LogP contribution < -0.4 is 20.3 Å². The molecule has 6 heteroatoms. The van der Waals surface area contributed by atoms with Crippen LogP contribution in [0.2, 0.25) is 0 Å². The van der Waals surface area contributed by atoms with Gasteiger partial charge in [0.1, 0.15) is 11.5 Å². The zero-order valence-corrected chi connectivity index (χ0v) is 18.1.